The molecule has 1 aromatic carbocycles. The van der Waals surface area contributed by atoms with E-state index in [2.05, 4.69) is 10.6 Å². The number of carboxylic acids is 1. The van der Waals surface area contributed by atoms with Crippen molar-refractivity contribution in [2.45, 2.75) is 69.7 Å². The molecule has 0 spiro atoms. The van der Waals surface area contributed by atoms with Crippen LogP contribution < -0.4 is 10.6 Å². The van der Waals surface area contributed by atoms with Crippen LogP contribution in [-0.2, 0) is 35.4 Å². The summed E-state index contributed by atoms with van der Waals surface area (Å²) in [5, 5.41) is 14.2. The summed E-state index contributed by atoms with van der Waals surface area (Å²) in [5.41, 5.74) is 0.121. The summed E-state index contributed by atoms with van der Waals surface area (Å²) in [5.74, 6) is -6.00. The number of ketones is 1. The lowest BCUT2D eigenvalue weighted by Gasteiger charge is -2.24. The highest BCUT2D eigenvalue weighted by Gasteiger charge is 2.31. The highest BCUT2D eigenvalue weighted by Crippen LogP contribution is 2.29. The second-order valence-corrected chi connectivity index (χ2v) is 12.2. The predicted octanol–water partition coefficient (Wildman–Crippen LogP) is 2.52. The fraction of sp³-hybridized carbons (Fsp3) is 0.565. The summed E-state index contributed by atoms with van der Waals surface area (Å²) in [7, 11) is 0.575. The Morgan fingerprint density at radius 3 is 2.43 bits per heavy atom. The minimum Gasteiger partial charge on any atom is -0.475 e. The Kier molecular flexibility index (Phi) is 11.3. The summed E-state index contributed by atoms with van der Waals surface area (Å²) in [4.78, 5) is 48.7. The monoisotopic (exact) mass is 532 g/mol. The zero-order valence-corrected chi connectivity index (χ0v) is 21.2. The van der Waals surface area contributed by atoms with Gasteiger partial charge in [-0.3, -0.25) is 14.4 Å². The second kappa shape index (κ2) is 13.7. The molecule has 0 bridgehead atoms. The number of carbonyl (C=O) groups is 4. The van der Waals surface area contributed by atoms with Gasteiger partial charge >= 0.3 is 5.97 Å². The molecule has 2 unspecified atom stereocenters. The van der Waals surface area contributed by atoms with Gasteiger partial charge in [-0.15, -0.1) is 0 Å². The van der Waals surface area contributed by atoms with Gasteiger partial charge in [0.05, 0.1) is 9.83 Å². The van der Waals surface area contributed by atoms with Gasteiger partial charge in [-0.05, 0) is 42.9 Å². The van der Waals surface area contributed by atoms with Crippen molar-refractivity contribution in [3.63, 3.8) is 0 Å². The van der Waals surface area contributed by atoms with Crippen molar-refractivity contribution in [1.29, 1.82) is 0 Å². The van der Waals surface area contributed by atoms with Crippen molar-refractivity contribution < 1.29 is 37.3 Å². The van der Waals surface area contributed by atoms with Crippen molar-refractivity contribution in [3.8, 4) is 0 Å². The quantitative estimate of drug-likeness (QED) is 0.202. The lowest BCUT2D eigenvalue weighted by molar-refractivity contribution is -0.150. The molecule has 0 saturated carbocycles. The first-order valence-electron chi connectivity index (χ1n) is 11.3. The minimum atomic E-state index is -1.79. The molecule has 1 aliphatic rings. The van der Waals surface area contributed by atoms with E-state index in [0.29, 0.717) is 6.42 Å². The Labute approximate surface area is 208 Å². The Morgan fingerprint density at radius 1 is 1.14 bits per heavy atom. The zero-order chi connectivity index (χ0) is 26.1. The van der Waals surface area contributed by atoms with Gasteiger partial charge < -0.3 is 15.7 Å². The van der Waals surface area contributed by atoms with E-state index in [4.69, 9.17) is 5.11 Å². The summed E-state index contributed by atoms with van der Waals surface area (Å²) >= 11 is 0. The van der Waals surface area contributed by atoms with E-state index in [-0.39, 0.29) is 35.5 Å². The minimum absolute atomic E-state index is 0.121. The molecule has 1 heterocycles. The maximum Gasteiger partial charge on any atom is 0.374 e. The van der Waals surface area contributed by atoms with Gasteiger partial charge in [-0.25, -0.2) is 17.8 Å². The predicted molar refractivity (Wildman–Crippen MR) is 129 cm³/mol. The SMILES string of the molecule is CC(C)[C@H](NC(=O)CCCCC1CCSS1=O)C(=O)N[C@@H](Cc1ccc(F)c(F)c1)C(=O)C(=O)O. The van der Waals surface area contributed by atoms with Crippen molar-refractivity contribution in [1.82, 2.24) is 10.6 Å². The lowest BCUT2D eigenvalue weighted by Crippen LogP contribution is -2.55. The number of rotatable bonds is 13. The Bertz CT molecular complexity index is 975. The average molecular weight is 533 g/mol. The molecular weight excluding hydrogens is 502 g/mol. The fourth-order valence-corrected chi connectivity index (χ4v) is 7.15. The number of benzene rings is 1. The number of hydrogen-bond donors (Lipinski definition) is 3. The molecule has 2 amide bonds. The molecule has 2 rings (SSSR count). The topological polar surface area (TPSA) is 130 Å². The number of nitrogens with one attached hydrogen (secondary N) is 2. The molecule has 1 fully saturated rings. The van der Waals surface area contributed by atoms with E-state index < -0.39 is 51.2 Å². The molecule has 1 aliphatic heterocycles. The Balaban J connectivity index is 1.96. The van der Waals surface area contributed by atoms with Gasteiger partial charge in [0.15, 0.2) is 11.6 Å². The van der Waals surface area contributed by atoms with Crippen molar-refractivity contribution in [2.75, 3.05) is 5.75 Å². The van der Waals surface area contributed by atoms with E-state index >= 15 is 0 Å². The van der Waals surface area contributed by atoms with E-state index in [1.807, 2.05) is 0 Å². The first-order valence-corrected chi connectivity index (χ1v) is 14.1. The fourth-order valence-electron chi connectivity index (χ4n) is 3.65. The number of Topliss-reactive ketones (excluding diaryl/α,β-unsaturated/α-hetero) is 1. The third-order valence-electron chi connectivity index (χ3n) is 5.62. The summed E-state index contributed by atoms with van der Waals surface area (Å²) in [6.07, 6.45) is 2.76. The number of amides is 2. The van der Waals surface area contributed by atoms with Crippen LogP contribution in [0.5, 0.6) is 0 Å². The third-order valence-corrected chi connectivity index (χ3v) is 9.29. The van der Waals surface area contributed by atoms with E-state index in [1.165, 1.54) is 16.9 Å². The van der Waals surface area contributed by atoms with Crippen LogP contribution in [0.2, 0.25) is 0 Å². The molecule has 194 valence electrons. The van der Waals surface area contributed by atoms with Gasteiger partial charge in [0.2, 0.25) is 11.8 Å². The van der Waals surface area contributed by atoms with Crippen molar-refractivity contribution in [2.24, 2.45) is 5.92 Å². The summed E-state index contributed by atoms with van der Waals surface area (Å²) in [6.45, 7) is 3.36. The van der Waals surface area contributed by atoms with Crippen LogP contribution >= 0.6 is 10.8 Å². The molecule has 3 N–H and O–H groups in total. The molecule has 12 heteroatoms. The molecule has 1 aromatic rings. The van der Waals surface area contributed by atoms with Gasteiger partial charge in [0.1, 0.15) is 12.1 Å². The number of carboxylic acid groups (broad SMARTS) is 1. The largest absolute Gasteiger partial charge is 0.475 e. The molecule has 4 atom stereocenters. The highest BCUT2D eigenvalue weighted by atomic mass is 33.1. The van der Waals surface area contributed by atoms with E-state index in [9.17, 15) is 32.2 Å². The first kappa shape index (κ1) is 28.9. The van der Waals surface area contributed by atoms with Crippen LogP contribution in [-0.4, -0.2) is 56.0 Å². The molecule has 0 aromatic heterocycles. The number of halogens is 2. The van der Waals surface area contributed by atoms with E-state index in [0.717, 1.165) is 37.1 Å². The van der Waals surface area contributed by atoms with Crippen molar-refractivity contribution >= 4 is 44.2 Å². The van der Waals surface area contributed by atoms with Gasteiger partial charge in [-0.2, -0.15) is 0 Å². The van der Waals surface area contributed by atoms with Gasteiger partial charge in [-0.1, -0.05) is 37.1 Å². The number of unbranched alkanes of at least 4 members (excludes halogenated alkanes) is 1. The highest BCUT2D eigenvalue weighted by molar-refractivity contribution is 8.69. The maximum absolute atomic E-state index is 13.5. The molecule has 0 aliphatic carbocycles. The lowest BCUT2D eigenvalue weighted by atomic mass is 9.99. The first-order chi connectivity index (χ1) is 16.5. The normalized spacial score (nSPS) is 19.2. The van der Waals surface area contributed by atoms with Crippen LogP contribution in [0.25, 0.3) is 0 Å². The molecule has 8 nitrogen and oxygen atoms in total. The van der Waals surface area contributed by atoms with E-state index in [1.54, 1.807) is 13.8 Å². The molecule has 1 saturated heterocycles. The average Bonchev–Trinajstić information content (AvgIpc) is 3.20. The Hall–Kier alpha value is -2.34. The smallest absolute Gasteiger partial charge is 0.374 e. The number of aliphatic carboxylic acids is 1. The standard InChI is InChI=1S/C23H30F2N2O6S2/c1-13(2)20(27-19(28)6-4-3-5-15-9-10-34-35(15)33)22(30)26-18(21(29)23(31)32)12-14-7-8-16(24)17(25)11-14/h7-8,11,13,15,18,20H,3-6,9-10,12H2,1-2H3,(H,26,30)(H,27,28)(H,31,32)/t15?,18-,20-,35?/m0/s1. The van der Waals surface area contributed by atoms with Crippen LogP contribution in [0.1, 0.15) is 51.5 Å². The number of carbonyl (C=O) groups excluding carboxylic acids is 3. The maximum atomic E-state index is 13.5. The van der Waals surface area contributed by atoms with Crippen molar-refractivity contribution in [3.05, 3.63) is 35.4 Å². The van der Waals surface area contributed by atoms with Crippen LogP contribution in [0.15, 0.2) is 18.2 Å². The van der Waals surface area contributed by atoms with Crippen LogP contribution in [0, 0.1) is 17.6 Å². The summed E-state index contributed by atoms with van der Waals surface area (Å²) < 4.78 is 38.5. The summed E-state index contributed by atoms with van der Waals surface area (Å²) in [6, 6.07) is 0.289. The molecular formula is C23H30F2N2O6S2. The zero-order valence-electron chi connectivity index (χ0n) is 19.6. The second-order valence-electron chi connectivity index (χ2n) is 8.71. The molecule has 0 radical (unpaired) electrons. The Morgan fingerprint density at radius 2 is 1.86 bits per heavy atom. The van der Waals surface area contributed by atoms with Crippen LogP contribution in [0.4, 0.5) is 8.78 Å². The molecule has 35 heavy (non-hydrogen) atoms. The van der Waals surface area contributed by atoms with Crippen LogP contribution in [0.3, 0.4) is 0 Å². The van der Waals surface area contributed by atoms with Gasteiger partial charge in [0.25, 0.3) is 5.78 Å². The number of hydrogen-bond acceptors (Lipinski definition) is 6. The van der Waals surface area contributed by atoms with Gasteiger partial charge in [0, 0.05) is 23.8 Å². The third kappa shape index (κ3) is 8.99.